The van der Waals surface area contributed by atoms with Gasteiger partial charge in [0.2, 0.25) is 0 Å². The number of methoxy groups -OCH3 is 3. The van der Waals surface area contributed by atoms with Crippen molar-refractivity contribution in [2.24, 2.45) is 0 Å². The lowest BCUT2D eigenvalue weighted by Gasteiger charge is -2.23. The van der Waals surface area contributed by atoms with Crippen molar-refractivity contribution in [1.82, 2.24) is 0 Å². The average molecular weight is 435 g/mol. The van der Waals surface area contributed by atoms with Gasteiger partial charge in [0.05, 0.1) is 26.9 Å². The molecule has 3 aromatic rings. The van der Waals surface area contributed by atoms with E-state index in [1.54, 1.807) is 39.5 Å². The molecule has 0 fully saturated rings. The zero-order chi connectivity index (χ0) is 23.5. The summed E-state index contributed by atoms with van der Waals surface area (Å²) in [5.74, 6) is 1.87. The first-order valence-corrected chi connectivity index (χ1v) is 10.4. The summed E-state index contributed by atoms with van der Waals surface area (Å²) in [7, 11) is 4.77. The van der Waals surface area contributed by atoms with Crippen LogP contribution in [0.1, 0.15) is 42.3 Å². The predicted molar refractivity (Wildman–Crippen MR) is 126 cm³/mol. The first kappa shape index (κ1) is 23.2. The van der Waals surface area contributed by atoms with Crippen LogP contribution in [0, 0.1) is 6.92 Å². The van der Waals surface area contributed by atoms with E-state index in [-0.39, 0.29) is 5.41 Å². The lowest BCUT2D eigenvalue weighted by Crippen LogP contribution is -2.17. The molecule has 0 spiro atoms. The van der Waals surface area contributed by atoms with E-state index in [4.69, 9.17) is 18.9 Å². The van der Waals surface area contributed by atoms with Crippen LogP contribution >= 0.6 is 0 Å². The Kier molecular flexibility index (Phi) is 6.78. The van der Waals surface area contributed by atoms with Crippen LogP contribution in [-0.2, 0) is 5.41 Å². The molecule has 0 aromatic heterocycles. The van der Waals surface area contributed by atoms with Gasteiger partial charge < -0.3 is 18.9 Å². The van der Waals surface area contributed by atoms with Gasteiger partial charge in [-0.3, -0.25) is 0 Å². The average Bonchev–Trinajstić information content (AvgIpc) is 2.77. The Morgan fingerprint density at radius 3 is 2.03 bits per heavy atom. The van der Waals surface area contributed by atoms with Crippen LogP contribution in [0.25, 0.3) is 11.1 Å². The number of hydrogen-bond acceptors (Lipinski definition) is 5. The first-order chi connectivity index (χ1) is 15.2. The maximum atomic E-state index is 13.4. The number of hydrogen-bond donors (Lipinski definition) is 0. The summed E-state index contributed by atoms with van der Waals surface area (Å²) in [6, 6.07) is 16.6. The number of rotatable bonds is 6. The molecule has 0 atom stereocenters. The van der Waals surface area contributed by atoms with Crippen molar-refractivity contribution in [2.75, 3.05) is 21.3 Å². The van der Waals surface area contributed by atoms with Crippen molar-refractivity contribution < 1.29 is 23.7 Å². The SMILES string of the molecule is COc1cc(C)c(-c2c(OC)cccc2C(=O)Oc2ccccc2C(C)(C)C)c(OC)c1. The molecule has 0 heterocycles. The molecule has 168 valence electrons. The molecule has 0 aliphatic carbocycles. The van der Waals surface area contributed by atoms with Crippen LogP contribution in [0.3, 0.4) is 0 Å². The van der Waals surface area contributed by atoms with Gasteiger partial charge in [0.15, 0.2) is 0 Å². The number of carbonyl (C=O) groups is 1. The quantitative estimate of drug-likeness (QED) is 0.341. The van der Waals surface area contributed by atoms with Gasteiger partial charge in [-0.05, 0) is 42.2 Å². The lowest BCUT2D eigenvalue weighted by molar-refractivity contribution is 0.0732. The summed E-state index contributed by atoms with van der Waals surface area (Å²) in [6.45, 7) is 8.20. The molecule has 0 saturated heterocycles. The van der Waals surface area contributed by atoms with E-state index < -0.39 is 5.97 Å². The molecule has 0 aliphatic heterocycles. The molecule has 0 amide bonds. The molecule has 3 rings (SSSR count). The van der Waals surface area contributed by atoms with Crippen LogP contribution in [0.5, 0.6) is 23.0 Å². The number of carbonyl (C=O) groups excluding carboxylic acids is 1. The topological polar surface area (TPSA) is 54.0 Å². The van der Waals surface area contributed by atoms with Crippen LogP contribution in [-0.4, -0.2) is 27.3 Å². The largest absolute Gasteiger partial charge is 0.497 e. The first-order valence-electron chi connectivity index (χ1n) is 10.4. The van der Waals surface area contributed by atoms with E-state index in [0.717, 1.165) is 16.7 Å². The molecular weight excluding hydrogens is 404 g/mol. The number of para-hydroxylation sites is 1. The Labute approximate surface area is 189 Å². The molecule has 0 radical (unpaired) electrons. The molecule has 32 heavy (non-hydrogen) atoms. The fraction of sp³-hybridized carbons (Fsp3) is 0.296. The molecular formula is C27H30O5. The second-order valence-electron chi connectivity index (χ2n) is 8.54. The van der Waals surface area contributed by atoms with E-state index >= 15 is 0 Å². The summed E-state index contributed by atoms with van der Waals surface area (Å²) in [5.41, 5.74) is 3.42. The van der Waals surface area contributed by atoms with Gasteiger partial charge in [-0.1, -0.05) is 45.0 Å². The number of ether oxygens (including phenoxy) is 4. The van der Waals surface area contributed by atoms with Gasteiger partial charge in [0, 0.05) is 22.8 Å². The van der Waals surface area contributed by atoms with Crippen LogP contribution in [0.2, 0.25) is 0 Å². The third-order valence-corrected chi connectivity index (χ3v) is 5.34. The second kappa shape index (κ2) is 9.35. The van der Waals surface area contributed by atoms with Gasteiger partial charge >= 0.3 is 5.97 Å². The third-order valence-electron chi connectivity index (χ3n) is 5.34. The molecule has 3 aromatic carbocycles. The van der Waals surface area contributed by atoms with E-state index in [9.17, 15) is 4.79 Å². The number of benzene rings is 3. The predicted octanol–water partition coefficient (Wildman–Crippen LogP) is 6.20. The van der Waals surface area contributed by atoms with Crippen molar-refractivity contribution in [1.29, 1.82) is 0 Å². The fourth-order valence-electron chi connectivity index (χ4n) is 3.78. The summed E-state index contributed by atoms with van der Waals surface area (Å²) < 4.78 is 22.6. The van der Waals surface area contributed by atoms with Crippen molar-refractivity contribution >= 4 is 5.97 Å². The van der Waals surface area contributed by atoms with Gasteiger partial charge in [0.25, 0.3) is 0 Å². The van der Waals surface area contributed by atoms with Crippen LogP contribution in [0.15, 0.2) is 54.6 Å². The maximum absolute atomic E-state index is 13.4. The summed E-state index contributed by atoms with van der Waals surface area (Å²) in [5, 5.41) is 0. The van der Waals surface area contributed by atoms with Gasteiger partial charge in [0.1, 0.15) is 23.0 Å². The van der Waals surface area contributed by atoms with Crippen LogP contribution in [0.4, 0.5) is 0 Å². The highest BCUT2D eigenvalue weighted by Gasteiger charge is 2.26. The minimum absolute atomic E-state index is 0.177. The number of esters is 1. The van der Waals surface area contributed by atoms with E-state index in [1.165, 1.54) is 0 Å². The third kappa shape index (κ3) is 4.57. The number of aryl methyl sites for hydroxylation is 1. The Bertz CT molecular complexity index is 1130. The van der Waals surface area contributed by atoms with Crippen LogP contribution < -0.4 is 18.9 Å². The molecule has 0 bridgehead atoms. The van der Waals surface area contributed by atoms with Crippen molar-refractivity contribution in [2.45, 2.75) is 33.1 Å². The summed E-state index contributed by atoms with van der Waals surface area (Å²) in [6.07, 6.45) is 0. The Morgan fingerprint density at radius 1 is 0.750 bits per heavy atom. The zero-order valence-electron chi connectivity index (χ0n) is 19.7. The second-order valence-corrected chi connectivity index (χ2v) is 8.54. The molecule has 0 unspecified atom stereocenters. The maximum Gasteiger partial charge on any atom is 0.344 e. The monoisotopic (exact) mass is 434 g/mol. The standard InChI is InChI=1S/C27H30O5/c1-17-15-18(29-5)16-23(31-7)24(17)25-19(11-10-14-22(25)30-6)26(28)32-21-13-9-8-12-20(21)27(2,3)4/h8-16H,1-7H3. The highest BCUT2D eigenvalue weighted by atomic mass is 16.5. The smallest absolute Gasteiger partial charge is 0.344 e. The van der Waals surface area contributed by atoms with E-state index in [0.29, 0.717) is 34.1 Å². The van der Waals surface area contributed by atoms with Crippen molar-refractivity contribution in [3.8, 4) is 34.1 Å². The van der Waals surface area contributed by atoms with Gasteiger partial charge in [-0.15, -0.1) is 0 Å². The minimum atomic E-state index is -0.465. The van der Waals surface area contributed by atoms with Gasteiger partial charge in [-0.25, -0.2) is 4.79 Å². The summed E-state index contributed by atoms with van der Waals surface area (Å²) >= 11 is 0. The zero-order valence-corrected chi connectivity index (χ0v) is 19.7. The van der Waals surface area contributed by atoms with E-state index in [1.807, 2.05) is 43.3 Å². The molecule has 0 saturated carbocycles. The highest BCUT2D eigenvalue weighted by molar-refractivity contribution is 6.01. The lowest BCUT2D eigenvalue weighted by atomic mass is 9.86. The van der Waals surface area contributed by atoms with Crippen molar-refractivity contribution in [3.63, 3.8) is 0 Å². The van der Waals surface area contributed by atoms with Crippen molar-refractivity contribution in [3.05, 3.63) is 71.3 Å². The van der Waals surface area contributed by atoms with E-state index in [2.05, 4.69) is 20.8 Å². The summed E-state index contributed by atoms with van der Waals surface area (Å²) in [4.78, 5) is 13.4. The molecule has 0 N–H and O–H groups in total. The normalized spacial score (nSPS) is 11.1. The fourth-order valence-corrected chi connectivity index (χ4v) is 3.78. The molecule has 5 heteroatoms. The Morgan fingerprint density at radius 2 is 1.41 bits per heavy atom. The molecule has 0 aliphatic rings. The van der Waals surface area contributed by atoms with Gasteiger partial charge in [-0.2, -0.15) is 0 Å². The molecule has 5 nitrogen and oxygen atoms in total. The Hall–Kier alpha value is -3.47. The highest BCUT2D eigenvalue weighted by Crippen LogP contribution is 2.43. The minimum Gasteiger partial charge on any atom is -0.497 e. The Balaban J connectivity index is 2.17.